The van der Waals surface area contributed by atoms with E-state index in [1.807, 2.05) is 38.2 Å². The van der Waals surface area contributed by atoms with Gasteiger partial charge in [-0.25, -0.2) is 14.6 Å². The smallest absolute Gasteiger partial charge is 0.274 e. The summed E-state index contributed by atoms with van der Waals surface area (Å²) in [5.74, 6) is -0.00194. The molecule has 3 aromatic rings. The molecule has 0 bridgehead atoms. The Morgan fingerprint density at radius 2 is 2.17 bits per heavy atom. The van der Waals surface area contributed by atoms with Gasteiger partial charge in [-0.05, 0) is 30.0 Å². The highest BCUT2D eigenvalue weighted by Crippen LogP contribution is 2.21. The van der Waals surface area contributed by atoms with Gasteiger partial charge in [0.1, 0.15) is 0 Å². The van der Waals surface area contributed by atoms with Crippen molar-refractivity contribution in [2.24, 2.45) is 0 Å². The summed E-state index contributed by atoms with van der Waals surface area (Å²) >= 11 is 0. The van der Waals surface area contributed by atoms with E-state index in [0.29, 0.717) is 30.0 Å². The molecule has 3 heterocycles. The molecule has 0 fully saturated rings. The van der Waals surface area contributed by atoms with E-state index in [4.69, 9.17) is 5.73 Å². The van der Waals surface area contributed by atoms with E-state index < -0.39 is 5.91 Å². The molecule has 9 nitrogen and oxygen atoms in total. The van der Waals surface area contributed by atoms with Crippen LogP contribution >= 0.6 is 0 Å². The highest BCUT2D eigenvalue weighted by molar-refractivity contribution is 6.00. The van der Waals surface area contributed by atoms with Crippen molar-refractivity contribution in [3.05, 3.63) is 64.2 Å². The Hall–Kier alpha value is -3.75. The van der Waals surface area contributed by atoms with Crippen LogP contribution in [0.3, 0.4) is 0 Å². The standard InChI is InChI=1S/C21H23N7O2/c1-3-5-15-19(28-11-12(2)8-25-28)27-18(22)17(26-15)21(30)24-10-14-7-4-6-13-9-23-20(29)16(13)14/h4,6-8,11H,3,5,9-10H2,1-2H3,(H2,22,27)(H,23,29)(H,24,30). The van der Waals surface area contributed by atoms with E-state index in [1.165, 1.54) is 0 Å². The molecule has 0 atom stereocenters. The van der Waals surface area contributed by atoms with Crippen LogP contribution < -0.4 is 16.4 Å². The van der Waals surface area contributed by atoms with Crippen molar-refractivity contribution >= 4 is 17.6 Å². The molecule has 9 heteroatoms. The number of anilines is 1. The molecule has 0 saturated carbocycles. The minimum atomic E-state index is -0.434. The van der Waals surface area contributed by atoms with Crippen molar-refractivity contribution in [1.82, 2.24) is 30.4 Å². The number of benzene rings is 1. The highest BCUT2D eigenvalue weighted by Gasteiger charge is 2.23. The van der Waals surface area contributed by atoms with Gasteiger partial charge in [0.15, 0.2) is 17.3 Å². The van der Waals surface area contributed by atoms with Crippen molar-refractivity contribution in [3.8, 4) is 5.82 Å². The van der Waals surface area contributed by atoms with Crippen molar-refractivity contribution in [2.75, 3.05) is 5.73 Å². The first-order chi connectivity index (χ1) is 14.5. The average Bonchev–Trinajstić information content (AvgIpc) is 3.33. The van der Waals surface area contributed by atoms with Gasteiger partial charge in [0.05, 0.1) is 11.9 Å². The fourth-order valence-electron chi connectivity index (χ4n) is 3.52. The number of hydrogen-bond acceptors (Lipinski definition) is 6. The lowest BCUT2D eigenvalue weighted by atomic mass is 10.0. The summed E-state index contributed by atoms with van der Waals surface area (Å²) in [6.07, 6.45) is 5.03. The zero-order valence-electron chi connectivity index (χ0n) is 16.9. The van der Waals surface area contributed by atoms with Gasteiger partial charge in [0.2, 0.25) is 0 Å². The average molecular weight is 405 g/mol. The van der Waals surface area contributed by atoms with Crippen LogP contribution in [0.15, 0.2) is 30.6 Å². The van der Waals surface area contributed by atoms with Crippen LogP contribution in [0.2, 0.25) is 0 Å². The second-order valence-corrected chi connectivity index (χ2v) is 7.26. The molecular formula is C21H23N7O2. The Labute approximate surface area is 173 Å². The molecule has 4 N–H and O–H groups in total. The predicted molar refractivity (Wildman–Crippen MR) is 111 cm³/mol. The van der Waals surface area contributed by atoms with Gasteiger partial charge < -0.3 is 16.4 Å². The topological polar surface area (TPSA) is 128 Å². The Morgan fingerprint density at radius 1 is 1.33 bits per heavy atom. The van der Waals surface area contributed by atoms with Gasteiger partial charge in [-0.15, -0.1) is 0 Å². The summed E-state index contributed by atoms with van der Waals surface area (Å²) < 4.78 is 1.62. The number of fused-ring (bicyclic) bond motifs is 1. The van der Waals surface area contributed by atoms with Crippen molar-refractivity contribution in [1.29, 1.82) is 0 Å². The number of aryl methyl sites for hydroxylation is 2. The maximum Gasteiger partial charge on any atom is 0.274 e. The number of nitrogens with zero attached hydrogens (tertiary/aromatic N) is 4. The summed E-state index contributed by atoms with van der Waals surface area (Å²) in [6, 6.07) is 5.59. The van der Waals surface area contributed by atoms with E-state index in [-0.39, 0.29) is 24.0 Å². The molecule has 0 radical (unpaired) electrons. The molecule has 1 aromatic carbocycles. The first-order valence-electron chi connectivity index (χ1n) is 9.83. The number of nitrogens with two attached hydrogens (primary N) is 1. The number of amides is 2. The second-order valence-electron chi connectivity index (χ2n) is 7.26. The third kappa shape index (κ3) is 3.61. The van der Waals surface area contributed by atoms with E-state index >= 15 is 0 Å². The van der Waals surface area contributed by atoms with Crippen LogP contribution in [0.5, 0.6) is 0 Å². The number of rotatable bonds is 6. The number of carbonyl (C=O) groups excluding carboxylic acids is 2. The Bertz CT molecular complexity index is 1140. The molecule has 1 aliphatic rings. The van der Waals surface area contributed by atoms with Gasteiger partial charge in [-0.2, -0.15) is 5.10 Å². The number of nitrogens with one attached hydrogen (secondary N) is 2. The maximum atomic E-state index is 12.8. The molecule has 154 valence electrons. The SMILES string of the molecule is CCCc1nc(C(=O)NCc2cccc3c2C(=O)NC3)c(N)nc1-n1cc(C)cn1. The largest absolute Gasteiger partial charge is 0.382 e. The third-order valence-corrected chi connectivity index (χ3v) is 4.95. The minimum Gasteiger partial charge on any atom is -0.382 e. The molecule has 1 aliphatic heterocycles. The summed E-state index contributed by atoms with van der Waals surface area (Å²) in [6.45, 7) is 4.65. The molecule has 0 unspecified atom stereocenters. The zero-order valence-corrected chi connectivity index (χ0v) is 16.9. The molecule has 30 heavy (non-hydrogen) atoms. The monoisotopic (exact) mass is 405 g/mol. The maximum absolute atomic E-state index is 12.8. The molecule has 2 amide bonds. The van der Waals surface area contributed by atoms with E-state index in [9.17, 15) is 9.59 Å². The lowest BCUT2D eigenvalue weighted by Gasteiger charge is -2.13. The van der Waals surface area contributed by atoms with Crippen molar-refractivity contribution in [3.63, 3.8) is 0 Å². The third-order valence-electron chi connectivity index (χ3n) is 4.95. The van der Waals surface area contributed by atoms with Crippen LogP contribution in [0.1, 0.15) is 56.6 Å². The van der Waals surface area contributed by atoms with E-state index in [1.54, 1.807) is 10.9 Å². The fourth-order valence-corrected chi connectivity index (χ4v) is 3.52. The summed E-state index contributed by atoms with van der Waals surface area (Å²) in [7, 11) is 0. The normalized spacial score (nSPS) is 12.5. The zero-order chi connectivity index (χ0) is 21.3. The Morgan fingerprint density at radius 3 is 2.90 bits per heavy atom. The highest BCUT2D eigenvalue weighted by atomic mass is 16.2. The predicted octanol–water partition coefficient (Wildman–Crippen LogP) is 1.68. The molecule has 0 aliphatic carbocycles. The van der Waals surface area contributed by atoms with Crippen LogP contribution in [0, 0.1) is 6.92 Å². The van der Waals surface area contributed by atoms with Gasteiger partial charge in [-0.1, -0.05) is 31.5 Å². The first kappa shape index (κ1) is 19.6. The van der Waals surface area contributed by atoms with Gasteiger partial charge in [0.25, 0.3) is 11.8 Å². The van der Waals surface area contributed by atoms with Crippen LogP contribution in [0.25, 0.3) is 5.82 Å². The second kappa shape index (κ2) is 7.94. The molecular weight excluding hydrogens is 382 g/mol. The van der Waals surface area contributed by atoms with Gasteiger partial charge in [-0.3, -0.25) is 9.59 Å². The fraction of sp³-hybridized carbons (Fsp3) is 0.286. The van der Waals surface area contributed by atoms with Gasteiger partial charge >= 0.3 is 0 Å². The van der Waals surface area contributed by atoms with Crippen LogP contribution in [-0.4, -0.2) is 31.6 Å². The van der Waals surface area contributed by atoms with Crippen LogP contribution in [0.4, 0.5) is 5.82 Å². The van der Waals surface area contributed by atoms with E-state index in [2.05, 4.69) is 25.7 Å². The van der Waals surface area contributed by atoms with Crippen LogP contribution in [-0.2, 0) is 19.5 Å². The number of hydrogen-bond donors (Lipinski definition) is 3. The minimum absolute atomic E-state index is 0.0338. The Balaban J connectivity index is 1.59. The lowest BCUT2D eigenvalue weighted by molar-refractivity contribution is 0.0937. The number of carbonyl (C=O) groups is 2. The summed E-state index contributed by atoms with van der Waals surface area (Å²) in [5, 5.41) is 9.89. The van der Waals surface area contributed by atoms with E-state index in [0.717, 1.165) is 23.1 Å². The molecule has 0 saturated heterocycles. The Kier molecular flexibility index (Phi) is 5.18. The van der Waals surface area contributed by atoms with Crippen molar-refractivity contribution in [2.45, 2.75) is 39.8 Å². The molecule has 2 aromatic heterocycles. The van der Waals surface area contributed by atoms with Gasteiger partial charge in [0, 0.05) is 24.8 Å². The summed E-state index contributed by atoms with van der Waals surface area (Å²) in [4.78, 5) is 33.8. The number of aromatic nitrogens is 4. The molecule has 4 rings (SSSR count). The number of nitrogen functional groups attached to an aromatic ring is 1. The lowest BCUT2D eigenvalue weighted by Crippen LogP contribution is -2.27. The summed E-state index contributed by atoms with van der Waals surface area (Å²) in [5.41, 5.74) is 10.1. The quantitative estimate of drug-likeness (QED) is 0.572. The first-order valence-corrected chi connectivity index (χ1v) is 9.83. The molecule has 0 spiro atoms. The van der Waals surface area contributed by atoms with Crippen molar-refractivity contribution < 1.29 is 9.59 Å².